The van der Waals surface area contributed by atoms with Crippen molar-refractivity contribution in [2.75, 3.05) is 17.8 Å². The van der Waals surface area contributed by atoms with E-state index in [0.717, 1.165) is 21.2 Å². The molecule has 0 saturated carbocycles. The lowest BCUT2D eigenvalue weighted by Crippen LogP contribution is -2.30. The first-order valence-corrected chi connectivity index (χ1v) is 6.65. The Hall–Kier alpha value is -0.870. The number of nitrogens with zero attached hydrogens (tertiary/aromatic N) is 3. The van der Waals surface area contributed by atoms with Crippen LogP contribution < -0.4 is 4.90 Å². The Morgan fingerprint density at radius 3 is 2.94 bits per heavy atom. The average molecular weight is 315 g/mol. The molecule has 5 heteroatoms. The van der Waals surface area contributed by atoms with Crippen molar-refractivity contribution in [3.05, 3.63) is 29.0 Å². The van der Waals surface area contributed by atoms with E-state index >= 15 is 0 Å². The standard InChI is InChI=1S/C12H13BrClN3/c1-8(6-14)17(2)11-3-4-15-10-5-9(13)7-16-12(10)11/h3-5,7-8H,6H2,1-2H3. The van der Waals surface area contributed by atoms with Crippen molar-refractivity contribution in [2.24, 2.45) is 0 Å². The third kappa shape index (κ3) is 2.53. The molecular formula is C12H13BrClN3. The zero-order valence-electron chi connectivity index (χ0n) is 9.69. The molecule has 0 N–H and O–H groups in total. The van der Waals surface area contributed by atoms with Crippen LogP contribution in [0.15, 0.2) is 29.0 Å². The first kappa shape index (κ1) is 12.6. The molecule has 0 amide bonds. The monoisotopic (exact) mass is 313 g/mol. The summed E-state index contributed by atoms with van der Waals surface area (Å²) in [5.74, 6) is 0.580. The minimum Gasteiger partial charge on any atom is -0.369 e. The lowest BCUT2D eigenvalue weighted by Gasteiger charge is -2.25. The molecule has 0 bridgehead atoms. The summed E-state index contributed by atoms with van der Waals surface area (Å²) in [6, 6.07) is 4.19. The maximum absolute atomic E-state index is 5.89. The molecule has 0 aliphatic rings. The lowest BCUT2D eigenvalue weighted by molar-refractivity contribution is 0.762. The maximum atomic E-state index is 5.89. The normalized spacial score (nSPS) is 12.7. The van der Waals surface area contributed by atoms with Gasteiger partial charge in [-0.25, -0.2) is 0 Å². The number of rotatable bonds is 3. The number of hydrogen-bond donors (Lipinski definition) is 0. The summed E-state index contributed by atoms with van der Waals surface area (Å²) in [5, 5.41) is 0. The van der Waals surface area contributed by atoms with Crippen LogP contribution in [0.5, 0.6) is 0 Å². The first-order valence-electron chi connectivity index (χ1n) is 5.32. The van der Waals surface area contributed by atoms with Gasteiger partial charge in [-0.1, -0.05) is 0 Å². The molecule has 1 unspecified atom stereocenters. The number of halogens is 2. The highest BCUT2D eigenvalue weighted by atomic mass is 79.9. The van der Waals surface area contributed by atoms with Crippen molar-refractivity contribution in [2.45, 2.75) is 13.0 Å². The minimum absolute atomic E-state index is 0.257. The van der Waals surface area contributed by atoms with Gasteiger partial charge in [0, 0.05) is 35.8 Å². The smallest absolute Gasteiger partial charge is 0.112 e. The molecule has 0 aliphatic carbocycles. The molecule has 0 spiro atoms. The highest BCUT2D eigenvalue weighted by Crippen LogP contribution is 2.25. The number of anilines is 1. The van der Waals surface area contributed by atoms with E-state index < -0.39 is 0 Å². The van der Waals surface area contributed by atoms with Crippen LogP contribution in [0.1, 0.15) is 6.92 Å². The van der Waals surface area contributed by atoms with E-state index in [4.69, 9.17) is 11.6 Å². The molecule has 90 valence electrons. The van der Waals surface area contributed by atoms with Crippen molar-refractivity contribution in [3.63, 3.8) is 0 Å². The molecule has 0 aromatic carbocycles. The number of hydrogen-bond acceptors (Lipinski definition) is 3. The molecule has 3 nitrogen and oxygen atoms in total. The van der Waals surface area contributed by atoms with Crippen molar-refractivity contribution in [1.82, 2.24) is 9.97 Å². The molecule has 0 saturated heterocycles. The molecule has 2 rings (SSSR count). The quantitative estimate of drug-likeness (QED) is 0.813. The van der Waals surface area contributed by atoms with Crippen molar-refractivity contribution in [3.8, 4) is 0 Å². The highest BCUT2D eigenvalue weighted by molar-refractivity contribution is 9.10. The Kier molecular flexibility index (Phi) is 3.84. The molecule has 0 aliphatic heterocycles. The van der Waals surface area contributed by atoms with Gasteiger partial charge in [0.05, 0.1) is 11.2 Å². The third-order valence-electron chi connectivity index (χ3n) is 2.79. The average Bonchev–Trinajstić information content (AvgIpc) is 2.35. The van der Waals surface area contributed by atoms with Gasteiger partial charge in [-0.3, -0.25) is 9.97 Å². The summed E-state index contributed by atoms with van der Waals surface area (Å²) >= 11 is 9.29. The number of pyridine rings is 2. The van der Waals surface area contributed by atoms with Gasteiger partial charge < -0.3 is 4.90 Å². The van der Waals surface area contributed by atoms with Crippen LogP contribution in [-0.4, -0.2) is 28.9 Å². The van der Waals surface area contributed by atoms with Crippen molar-refractivity contribution in [1.29, 1.82) is 0 Å². The number of fused-ring (bicyclic) bond motifs is 1. The van der Waals surface area contributed by atoms with Crippen LogP contribution in [-0.2, 0) is 0 Å². The van der Waals surface area contributed by atoms with Gasteiger partial charge in [0.1, 0.15) is 5.52 Å². The molecular weight excluding hydrogens is 302 g/mol. The Morgan fingerprint density at radius 2 is 2.24 bits per heavy atom. The zero-order chi connectivity index (χ0) is 12.4. The van der Waals surface area contributed by atoms with Crippen LogP contribution in [0, 0.1) is 0 Å². The fraction of sp³-hybridized carbons (Fsp3) is 0.333. The van der Waals surface area contributed by atoms with Gasteiger partial charge >= 0.3 is 0 Å². The third-order valence-corrected chi connectivity index (χ3v) is 3.67. The molecule has 2 aromatic heterocycles. The second kappa shape index (κ2) is 5.19. The number of alkyl halides is 1. The van der Waals surface area contributed by atoms with Gasteiger partial charge in [0.15, 0.2) is 0 Å². The Bertz CT molecular complexity index is 532. The SMILES string of the molecule is CC(CCl)N(C)c1ccnc2cc(Br)cnc12. The highest BCUT2D eigenvalue weighted by Gasteiger charge is 2.13. The van der Waals surface area contributed by atoms with Gasteiger partial charge in [-0.05, 0) is 35.0 Å². The first-order chi connectivity index (χ1) is 8.13. The van der Waals surface area contributed by atoms with Crippen LogP contribution in [0.4, 0.5) is 5.69 Å². The van der Waals surface area contributed by atoms with Crippen LogP contribution in [0.2, 0.25) is 0 Å². The van der Waals surface area contributed by atoms with E-state index in [1.165, 1.54) is 0 Å². The van der Waals surface area contributed by atoms with E-state index in [1.54, 1.807) is 12.4 Å². The zero-order valence-corrected chi connectivity index (χ0v) is 12.0. The fourth-order valence-electron chi connectivity index (χ4n) is 1.62. The van der Waals surface area contributed by atoms with Crippen molar-refractivity contribution >= 4 is 44.3 Å². The summed E-state index contributed by atoms with van der Waals surface area (Å²) in [7, 11) is 2.02. The van der Waals surface area contributed by atoms with Gasteiger partial charge in [-0.2, -0.15) is 0 Å². The second-order valence-electron chi connectivity index (χ2n) is 3.97. The summed E-state index contributed by atoms with van der Waals surface area (Å²) < 4.78 is 0.933. The minimum atomic E-state index is 0.257. The van der Waals surface area contributed by atoms with Gasteiger partial charge in [0.2, 0.25) is 0 Å². The summed E-state index contributed by atoms with van der Waals surface area (Å²) in [5.41, 5.74) is 2.83. The van der Waals surface area contributed by atoms with Crippen LogP contribution in [0.3, 0.4) is 0 Å². The van der Waals surface area contributed by atoms with Crippen LogP contribution in [0.25, 0.3) is 11.0 Å². The predicted octanol–water partition coefficient (Wildman–Crippen LogP) is 3.46. The lowest BCUT2D eigenvalue weighted by atomic mass is 10.2. The maximum Gasteiger partial charge on any atom is 0.112 e. The Labute approximate surface area is 114 Å². The largest absolute Gasteiger partial charge is 0.369 e. The van der Waals surface area contributed by atoms with E-state index in [0.29, 0.717) is 5.88 Å². The van der Waals surface area contributed by atoms with Gasteiger partial charge in [-0.15, -0.1) is 11.6 Å². The molecule has 0 radical (unpaired) electrons. The summed E-state index contributed by atoms with van der Waals surface area (Å²) in [6.07, 6.45) is 3.58. The second-order valence-corrected chi connectivity index (χ2v) is 5.19. The molecule has 17 heavy (non-hydrogen) atoms. The van der Waals surface area contributed by atoms with Crippen LogP contribution >= 0.6 is 27.5 Å². The molecule has 0 fully saturated rings. The van der Waals surface area contributed by atoms with E-state index in [2.05, 4.69) is 37.7 Å². The molecule has 2 heterocycles. The summed E-state index contributed by atoms with van der Waals surface area (Å²) in [6.45, 7) is 2.08. The topological polar surface area (TPSA) is 29.0 Å². The van der Waals surface area contributed by atoms with Gasteiger partial charge in [0.25, 0.3) is 0 Å². The predicted molar refractivity (Wildman–Crippen MR) is 75.8 cm³/mol. The van der Waals surface area contributed by atoms with E-state index in [-0.39, 0.29) is 6.04 Å². The fourth-order valence-corrected chi connectivity index (χ4v) is 2.14. The van der Waals surface area contributed by atoms with E-state index in [1.807, 2.05) is 19.2 Å². The summed E-state index contributed by atoms with van der Waals surface area (Å²) in [4.78, 5) is 10.9. The Balaban J connectivity index is 2.54. The van der Waals surface area contributed by atoms with E-state index in [9.17, 15) is 0 Å². The Morgan fingerprint density at radius 1 is 1.47 bits per heavy atom. The van der Waals surface area contributed by atoms with Crippen molar-refractivity contribution < 1.29 is 0 Å². The number of aromatic nitrogens is 2. The molecule has 2 aromatic rings. The molecule has 1 atom stereocenters.